The topological polar surface area (TPSA) is 35.6 Å². The molecule has 1 aromatic carbocycles. The number of fused-ring (bicyclic) bond motifs is 1. The van der Waals surface area contributed by atoms with Crippen molar-refractivity contribution < 1.29 is 4.79 Å². The van der Waals surface area contributed by atoms with Gasteiger partial charge < -0.3 is 15.1 Å². The summed E-state index contributed by atoms with van der Waals surface area (Å²) in [6.07, 6.45) is 4.90. The zero-order valence-electron chi connectivity index (χ0n) is 13.5. The Kier molecular flexibility index (Phi) is 5.35. The first-order valence-electron chi connectivity index (χ1n) is 7.88. The molecule has 0 radical (unpaired) electrons. The molecule has 2 aliphatic rings. The first-order chi connectivity index (χ1) is 10.1. The van der Waals surface area contributed by atoms with Gasteiger partial charge in [-0.25, -0.2) is 4.79 Å². The number of benzene rings is 1. The van der Waals surface area contributed by atoms with E-state index < -0.39 is 0 Å². The molecule has 1 aliphatic heterocycles. The Bertz CT molecular complexity index is 501. The summed E-state index contributed by atoms with van der Waals surface area (Å²) in [5.74, 6) is 0. The minimum atomic E-state index is 0. The number of amides is 2. The van der Waals surface area contributed by atoms with E-state index in [-0.39, 0.29) is 24.0 Å². The van der Waals surface area contributed by atoms with Crippen molar-refractivity contribution in [2.45, 2.75) is 44.3 Å². The smallest absolute Gasteiger partial charge is 0.318 e. The molecule has 122 valence electrons. The number of urea groups is 1. The van der Waals surface area contributed by atoms with Crippen LogP contribution < -0.4 is 5.32 Å². The summed E-state index contributed by atoms with van der Waals surface area (Å²) in [6.45, 7) is 2.22. The van der Waals surface area contributed by atoms with Gasteiger partial charge in [0.25, 0.3) is 0 Å². The first kappa shape index (κ1) is 17.1. The molecule has 4 nitrogen and oxygen atoms in total. The number of rotatable bonds is 3. The molecular weight excluding hydrogens is 298 g/mol. The van der Waals surface area contributed by atoms with Crippen molar-refractivity contribution in [2.75, 3.05) is 20.6 Å². The molecule has 1 N–H and O–H groups in total. The number of carbonyl (C=O) groups is 1. The Hall–Kier alpha value is -1.26. The molecule has 3 rings (SSSR count). The molecule has 1 heterocycles. The highest BCUT2D eigenvalue weighted by Gasteiger charge is 2.36. The quantitative estimate of drug-likeness (QED) is 0.928. The van der Waals surface area contributed by atoms with Crippen LogP contribution in [-0.4, -0.2) is 42.0 Å². The Morgan fingerprint density at radius 2 is 1.73 bits per heavy atom. The molecule has 0 aromatic heterocycles. The molecule has 1 saturated carbocycles. The van der Waals surface area contributed by atoms with Crippen molar-refractivity contribution in [1.82, 2.24) is 15.1 Å². The highest BCUT2D eigenvalue weighted by molar-refractivity contribution is 5.85. The number of likely N-dealkylation sites (N-methyl/N-ethyl adjacent to an activating group) is 1. The second kappa shape index (κ2) is 6.88. The molecule has 0 spiro atoms. The third-order valence-electron chi connectivity index (χ3n) is 5.18. The predicted octanol–water partition coefficient (Wildman–Crippen LogP) is 3.01. The molecule has 1 aliphatic carbocycles. The summed E-state index contributed by atoms with van der Waals surface area (Å²) in [7, 11) is 4.26. The second-order valence-electron chi connectivity index (χ2n) is 6.61. The van der Waals surface area contributed by atoms with E-state index >= 15 is 0 Å². The van der Waals surface area contributed by atoms with Gasteiger partial charge in [0.1, 0.15) is 0 Å². The van der Waals surface area contributed by atoms with Gasteiger partial charge in [-0.1, -0.05) is 37.1 Å². The SMILES string of the molecule is CN(C)C1(CNC(=O)N2Cc3ccccc3C2)CCCC1.Cl. The fourth-order valence-electron chi connectivity index (χ4n) is 3.64. The summed E-state index contributed by atoms with van der Waals surface area (Å²) in [5.41, 5.74) is 2.70. The molecule has 5 heteroatoms. The Balaban J connectivity index is 0.00000176. The fourth-order valence-corrected chi connectivity index (χ4v) is 3.64. The summed E-state index contributed by atoms with van der Waals surface area (Å²) >= 11 is 0. The summed E-state index contributed by atoms with van der Waals surface area (Å²) in [6, 6.07) is 8.38. The van der Waals surface area contributed by atoms with E-state index in [1.807, 2.05) is 17.0 Å². The lowest BCUT2D eigenvalue weighted by molar-refractivity contribution is 0.146. The number of nitrogens with one attached hydrogen (secondary N) is 1. The maximum atomic E-state index is 12.4. The third kappa shape index (κ3) is 3.23. The molecule has 0 unspecified atom stereocenters. The van der Waals surface area contributed by atoms with Crippen LogP contribution in [0.2, 0.25) is 0 Å². The van der Waals surface area contributed by atoms with Crippen molar-refractivity contribution in [2.24, 2.45) is 0 Å². The third-order valence-corrected chi connectivity index (χ3v) is 5.18. The average molecular weight is 324 g/mol. The fraction of sp³-hybridized carbons (Fsp3) is 0.588. The van der Waals surface area contributed by atoms with E-state index in [9.17, 15) is 4.79 Å². The molecule has 1 aromatic rings. The molecule has 2 amide bonds. The van der Waals surface area contributed by atoms with Gasteiger partial charge in [0.05, 0.1) is 0 Å². The summed E-state index contributed by atoms with van der Waals surface area (Å²) < 4.78 is 0. The molecule has 22 heavy (non-hydrogen) atoms. The second-order valence-corrected chi connectivity index (χ2v) is 6.61. The molecule has 0 bridgehead atoms. The van der Waals surface area contributed by atoms with E-state index in [4.69, 9.17) is 0 Å². The Labute approximate surface area is 139 Å². The average Bonchev–Trinajstić information content (AvgIpc) is 3.12. The van der Waals surface area contributed by atoms with Crippen LogP contribution in [0.1, 0.15) is 36.8 Å². The monoisotopic (exact) mass is 323 g/mol. The standard InChI is InChI=1S/C17H25N3O.ClH/c1-19(2)17(9-5-6-10-17)13-18-16(21)20-11-14-7-3-4-8-15(14)12-20;/h3-4,7-8H,5-6,9-13H2,1-2H3,(H,18,21);1H. The minimum absolute atomic E-state index is 0. The molecule has 1 fully saturated rings. The zero-order valence-corrected chi connectivity index (χ0v) is 14.3. The van der Waals surface area contributed by atoms with Crippen LogP contribution in [0.25, 0.3) is 0 Å². The highest BCUT2D eigenvalue weighted by atomic mass is 35.5. The Morgan fingerprint density at radius 3 is 2.23 bits per heavy atom. The van der Waals surface area contributed by atoms with E-state index in [1.54, 1.807) is 0 Å². The van der Waals surface area contributed by atoms with Gasteiger partial charge in [-0.3, -0.25) is 0 Å². The molecular formula is C17H26ClN3O. The minimum Gasteiger partial charge on any atom is -0.336 e. The van der Waals surface area contributed by atoms with Crippen molar-refractivity contribution in [3.8, 4) is 0 Å². The lowest BCUT2D eigenvalue weighted by atomic mass is 9.96. The van der Waals surface area contributed by atoms with Crippen LogP contribution in [0.15, 0.2) is 24.3 Å². The van der Waals surface area contributed by atoms with E-state index in [1.165, 1.54) is 36.8 Å². The number of hydrogen-bond acceptors (Lipinski definition) is 2. The van der Waals surface area contributed by atoms with E-state index in [0.717, 1.165) is 19.6 Å². The summed E-state index contributed by atoms with van der Waals surface area (Å²) in [5, 5.41) is 3.17. The van der Waals surface area contributed by atoms with Gasteiger partial charge in [-0.05, 0) is 38.1 Å². The van der Waals surface area contributed by atoms with Gasteiger partial charge >= 0.3 is 6.03 Å². The van der Waals surface area contributed by atoms with Crippen LogP contribution in [0.5, 0.6) is 0 Å². The van der Waals surface area contributed by atoms with Gasteiger partial charge in [0.2, 0.25) is 0 Å². The molecule has 0 atom stereocenters. The van der Waals surface area contributed by atoms with Crippen molar-refractivity contribution in [3.63, 3.8) is 0 Å². The van der Waals surface area contributed by atoms with Gasteiger partial charge in [0, 0.05) is 25.2 Å². The number of carbonyl (C=O) groups excluding carboxylic acids is 1. The zero-order chi connectivity index (χ0) is 14.9. The maximum absolute atomic E-state index is 12.4. The van der Waals surface area contributed by atoms with Crippen LogP contribution in [-0.2, 0) is 13.1 Å². The van der Waals surface area contributed by atoms with Gasteiger partial charge in [-0.2, -0.15) is 0 Å². The molecule has 0 saturated heterocycles. The van der Waals surface area contributed by atoms with Crippen molar-refractivity contribution in [1.29, 1.82) is 0 Å². The van der Waals surface area contributed by atoms with Gasteiger partial charge in [0.15, 0.2) is 0 Å². The normalized spacial score (nSPS) is 19.0. The van der Waals surface area contributed by atoms with Gasteiger partial charge in [-0.15, -0.1) is 12.4 Å². The number of hydrogen-bond donors (Lipinski definition) is 1. The van der Waals surface area contributed by atoms with Crippen LogP contribution >= 0.6 is 12.4 Å². The van der Waals surface area contributed by atoms with Crippen LogP contribution in [0.3, 0.4) is 0 Å². The predicted molar refractivity (Wildman–Crippen MR) is 91.2 cm³/mol. The highest BCUT2D eigenvalue weighted by Crippen LogP contribution is 2.33. The van der Waals surface area contributed by atoms with Crippen molar-refractivity contribution >= 4 is 18.4 Å². The largest absolute Gasteiger partial charge is 0.336 e. The Morgan fingerprint density at radius 1 is 1.18 bits per heavy atom. The summed E-state index contributed by atoms with van der Waals surface area (Å²) in [4.78, 5) is 16.6. The lowest BCUT2D eigenvalue weighted by Crippen LogP contribution is -2.52. The van der Waals surface area contributed by atoms with Crippen LogP contribution in [0, 0.1) is 0 Å². The first-order valence-corrected chi connectivity index (χ1v) is 7.88. The maximum Gasteiger partial charge on any atom is 0.318 e. The van der Waals surface area contributed by atoms with Crippen molar-refractivity contribution in [3.05, 3.63) is 35.4 Å². The number of halogens is 1. The van der Waals surface area contributed by atoms with Crippen LogP contribution in [0.4, 0.5) is 4.79 Å². The van der Waals surface area contributed by atoms with E-state index in [2.05, 4.69) is 36.4 Å². The van der Waals surface area contributed by atoms with E-state index in [0.29, 0.717) is 0 Å². The number of nitrogens with zero attached hydrogens (tertiary/aromatic N) is 2. The lowest BCUT2D eigenvalue weighted by Gasteiger charge is -2.37.